The Balaban J connectivity index is 1.31. The average molecular weight is 532 g/mol. The number of fused-ring (bicyclic) bond motifs is 3. The number of hydrogen-bond acceptors (Lipinski definition) is 8. The molecule has 1 N–H and O–H groups in total. The molecule has 4 heterocycles. The molecule has 6 rings (SSSR count). The Morgan fingerprint density at radius 1 is 1.08 bits per heavy atom. The van der Waals surface area contributed by atoms with Gasteiger partial charge in [-0.3, -0.25) is 4.79 Å². The topological polar surface area (TPSA) is 101 Å². The number of halogens is 3. The van der Waals surface area contributed by atoms with Crippen molar-refractivity contribution in [3.05, 3.63) is 64.4 Å². The highest BCUT2D eigenvalue weighted by atomic mass is 35.5. The Hall–Kier alpha value is -3.86. The van der Waals surface area contributed by atoms with Crippen molar-refractivity contribution in [2.45, 2.75) is 37.2 Å². The fourth-order valence-electron chi connectivity index (χ4n) is 4.72. The molecule has 0 radical (unpaired) electrons. The summed E-state index contributed by atoms with van der Waals surface area (Å²) < 4.78 is 53.5. The number of methoxy groups -OCH3 is 1. The Kier molecular flexibility index (Phi) is 5.30. The number of hydrogen-bond donors (Lipinski definition) is 1. The second-order valence-electron chi connectivity index (χ2n) is 9.14. The van der Waals surface area contributed by atoms with E-state index in [1.54, 1.807) is 38.3 Å². The van der Waals surface area contributed by atoms with Crippen LogP contribution in [0.5, 0.6) is 28.7 Å². The Morgan fingerprint density at radius 3 is 2.59 bits per heavy atom. The molecule has 1 aromatic heterocycles. The van der Waals surface area contributed by atoms with Gasteiger partial charge in [-0.25, -0.2) is 0 Å². The van der Waals surface area contributed by atoms with Crippen LogP contribution in [0.15, 0.2) is 42.5 Å². The first-order valence-electron chi connectivity index (χ1n) is 11.4. The lowest BCUT2D eigenvalue weighted by atomic mass is 9.82. The van der Waals surface area contributed by atoms with Gasteiger partial charge >= 0.3 is 6.29 Å². The summed E-state index contributed by atoms with van der Waals surface area (Å²) in [5, 5.41) is 11.4. The molecular formula is C25H20ClF2N3O6. The highest BCUT2D eigenvalue weighted by Crippen LogP contribution is 2.50. The lowest BCUT2D eigenvalue weighted by Crippen LogP contribution is -2.46. The van der Waals surface area contributed by atoms with E-state index >= 15 is 0 Å². The molecule has 0 aliphatic carbocycles. The second-order valence-corrected chi connectivity index (χ2v) is 9.52. The maximum Gasteiger partial charge on any atom is 0.586 e. The van der Waals surface area contributed by atoms with Crippen LogP contribution in [0, 0.1) is 0 Å². The van der Waals surface area contributed by atoms with Crippen molar-refractivity contribution in [2.75, 3.05) is 13.7 Å². The van der Waals surface area contributed by atoms with Gasteiger partial charge in [-0.05, 0) is 37.3 Å². The highest BCUT2D eigenvalue weighted by Gasteiger charge is 2.49. The Bertz CT molecular complexity index is 1410. The number of aromatic nitrogens is 2. The second kappa shape index (κ2) is 8.34. The van der Waals surface area contributed by atoms with E-state index in [-0.39, 0.29) is 34.9 Å². The number of benzene rings is 2. The first kappa shape index (κ1) is 23.5. The molecule has 0 bridgehead atoms. The molecule has 3 atom stereocenters. The zero-order valence-electron chi connectivity index (χ0n) is 19.6. The first-order valence-corrected chi connectivity index (χ1v) is 11.7. The van der Waals surface area contributed by atoms with Crippen LogP contribution < -0.4 is 29.0 Å². The Morgan fingerprint density at radius 2 is 1.86 bits per heavy atom. The van der Waals surface area contributed by atoms with Gasteiger partial charge in [0.2, 0.25) is 5.91 Å². The van der Waals surface area contributed by atoms with E-state index in [4.69, 9.17) is 25.8 Å². The van der Waals surface area contributed by atoms with E-state index < -0.39 is 23.9 Å². The van der Waals surface area contributed by atoms with Gasteiger partial charge < -0.3 is 29.0 Å². The maximum absolute atomic E-state index is 13.7. The van der Waals surface area contributed by atoms with Gasteiger partial charge in [0.1, 0.15) is 41.1 Å². The number of ether oxygens (including phenoxy) is 5. The lowest BCUT2D eigenvalue weighted by Gasteiger charge is -2.34. The minimum atomic E-state index is -3.78. The van der Waals surface area contributed by atoms with Crippen LogP contribution in [0.3, 0.4) is 0 Å². The molecule has 0 saturated heterocycles. The van der Waals surface area contributed by atoms with E-state index in [0.29, 0.717) is 29.2 Å². The molecule has 0 spiro atoms. The van der Waals surface area contributed by atoms with Crippen LogP contribution in [-0.2, 0) is 10.2 Å². The number of nitrogens with one attached hydrogen (secondary N) is 1. The van der Waals surface area contributed by atoms with Crippen molar-refractivity contribution in [1.29, 1.82) is 0 Å². The number of alkyl halides is 2. The summed E-state index contributed by atoms with van der Waals surface area (Å²) in [6, 6.07) is 10.9. The lowest BCUT2D eigenvalue weighted by molar-refractivity contribution is -0.286. The van der Waals surface area contributed by atoms with E-state index in [2.05, 4.69) is 25.0 Å². The molecule has 3 aliphatic heterocycles. The normalized spacial score (nSPS) is 24.4. The monoisotopic (exact) mass is 531 g/mol. The van der Waals surface area contributed by atoms with Crippen molar-refractivity contribution < 1.29 is 37.3 Å². The van der Waals surface area contributed by atoms with Gasteiger partial charge in [0.05, 0.1) is 13.2 Å². The third-order valence-electron chi connectivity index (χ3n) is 6.72. The number of nitrogens with zero attached hydrogens (tertiary/aromatic N) is 2. The van der Waals surface area contributed by atoms with Crippen molar-refractivity contribution in [1.82, 2.24) is 15.5 Å². The molecule has 0 saturated carbocycles. The predicted octanol–water partition coefficient (Wildman–Crippen LogP) is 4.49. The molecule has 12 heteroatoms. The third kappa shape index (κ3) is 4.03. The fraction of sp³-hybridized carbons (Fsp3) is 0.320. The van der Waals surface area contributed by atoms with Gasteiger partial charge in [-0.2, -0.15) is 5.10 Å². The molecule has 2 aromatic carbocycles. The average Bonchev–Trinajstić information content (AvgIpc) is 3.37. The minimum Gasteiger partial charge on any atom is -0.497 e. The maximum atomic E-state index is 13.7. The molecule has 1 amide bonds. The Labute approximate surface area is 214 Å². The summed E-state index contributed by atoms with van der Waals surface area (Å²) in [7, 11) is 1.55. The molecule has 3 aliphatic rings. The molecule has 37 heavy (non-hydrogen) atoms. The van der Waals surface area contributed by atoms with E-state index in [9.17, 15) is 13.6 Å². The van der Waals surface area contributed by atoms with Crippen LogP contribution in [-0.4, -0.2) is 36.1 Å². The summed E-state index contributed by atoms with van der Waals surface area (Å²) in [6.07, 6.45) is -3.94. The highest BCUT2D eigenvalue weighted by molar-refractivity contribution is 6.29. The molecule has 0 fully saturated rings. The third-order valence-corrected chi connectivity index (χ3v) is 6.92. The van der Waals surface area contributed by atoms with Gasteiger partial charge in [0.15, 0.2) is 16.7 Å². The summed E-state index contributed by atoms with van der Waals surface area (Å²) in [5.74, 6) is 0.738. The van der Waals surface area contributed by atoms with Crippen LogP contribution in [0.25, 0.3) is 0 Å². The fourth-order valence-corrected chi connectivity index (χ4v) is 4.82. The number of carbonyl (C=O) groups excluding carboxylic acids is 1. The summed E-state index contributed by atoms with van der Waals surface area (Å²) in [4.78, 5) is 13.7. The van der Waals surface area contributed by atoms with E-state index in [0.717, 1.165) is 5.56 Å². The molecule has 192 valence electrons. The SMILES string of the molecule is COc1ccc2c(c1)O[C@@H](c1ccc(Cl)nn1)C[C@H]2NC(=O)[C@@]1(C)COc2cc3c(cc21)OC(F)(F)O3. The number of carbonyl (C=O) groups is 1. The van der Waals surface area contributed by atoms with Crippen LogP contribution in [0.4, 0.5) is 8.78 Å². The summed E-state index contributed by atoms with van der Waals surface area (Å²) >= 11 is 5.89. The standard InChI is InChI=1S/C25H20ClF2N3O6/c1-24(11-34-18-10-21-20(8-14(18)24)36-25(27,28)37-21)23(32)29-16-9-19(15-5-6-22(26)31-30-15)35-17-7-12(33-2)3-4-13(16)17/h3-8,10,16,19H,9,11H2,1-2H3,(H,29,32)/t16-,19-,24+/m1/s1. The molecule has 9 nitrogen and oxygen atoms in total. The van der Waals surface area contributed by atoms with Crippen LogP contribution >= 0.6 is 11.6 Å². The summed E-state index contributed by atoms with van der Waals surface area (Å²) in [6.45, 7) is 1.70. The minimum absolute atomic E-state index is 0.0121. The zero-order valence-corrected chi connectivity index (χ0v) is 20.3. The van der Waals surface area contributed by atoms with Gasteiger partial charge in [0.25, 0.3) is 0 Å². The molecular weight excluding hydrogens is 512 g/mol. The zero-order chi connectivity index (χ0) is 25.9. The smallest absolute Gasteiger partial charge is 0.497 e. The van der Waals surface area contributed by atoms with Crippen molar-refractivity contribution in [2.24, 2.45) is 0 Å². The predicted molar refractivity (Wildman–Crippen MR) is 124 cm³/mol. The summed E-state index contributed by atoms with van der Waals surface area (Å²) in [5.41, 5.74) is 0.547. The van der Waals surface area contributed by atoms with Crippen molar-refractivity contribution in [3.8, 4) is 28.7 Å². The van der Waals surface area contributed by atoms with Gasteiger partial charge in [-0.15, -0.1) is 13.9 Å². The van der Waals surface area contributed by atoms with Crippen molar-refractivity contribution in [3.63, 3.8) is 0 Å². The molecule has 0 unspecified atom stereocenters. The quantitative estimate of drug-likeness (QED) is 0.525. The first-order chi connectivity index (χ1) is 17.6. The van der Waals surface area contributed by atoms with Crippen molar-refractivity contribution >= 4 is 17.5 Å². The van der Waals surface area contributed by atoms with Crippen LogP contribution in [0.1, 0.15) is 42.3 Å². The van der Waals surface area contributed by atoms with E-state index in [1.807, 2.05) is 6.07 Å². The van der Waals surface area contributed by atoms with Gasteiger partial charge in [0, 0.05) is 29.7 Å². The van der Waals surface area contributed by atoms with Crippen LogP contribution in [0.2, 0.25) is 5.15 Å². The molecule has 3 aromatic rings. The number of amides is 1. The van der Waals surface area contributed by atoms with E-state index in [1.165, 1.54) is 12.1 Å². The largest absolute Gasteiger partial charge is 0.586 e. The van der Waals surface area contributed by atoms with Gasteiger partial charge in [-0.1, -0.05) is 11.6 Å². The number of rotatable bonds is 4.